The molecule has 0 rings (SSSR count). The molecule has 0 fully saturated rings. The van der Waals surface area contributed by atoms with Gasteiger partial charge in [0.05, 0.1) is 6.07 Å². The molecule has 1 atom stereocenters. The summed E-state index contributed by atoms with van der Waals surface area (Å²) in [6.07, 6.45) is 1.75. The van der Waals surface area contributed by atoms with Gasteiger partial charge in [0.1, 0.15) is 5.54 Å². The van der Waals surface area contributed by atoms with Crippen LogP contribution in [0.5, 0.6) is 0 Å². The SMILES string of the molecule is CC(C)CN(CCCC(C)(N)C#N)CCN(C)C. The van der Waals surface area contributed by atoms with Crippen LogP contribution in [0.2, 0.25) is 0 Å². The molecular weight excluding hydrogens is 224 g/mol. The Morgan fingerprint density at radius 2 is 1.83 bits per heavy atom. The molecule has 0 aliphatic rings. The molecule has 106 valence electrons. The number of nitrogens with zero attached hydrogens (tertiary/aromatic N) is 3. The monoisotopic (exact) mass is 254 g/mol. The van der Waals surface area contributed by atoms with E-state index in [4.69, 9.17) is 11.0 Å². The lowest BCUT2D eigenvalue weighted by atomic mass is 9.99. The average molecular weight is 254 g/mol. The second-order valence-corrected chi connectivity index (χ2v) is 6.13. The van der Waals surface area contributed by atoms with Crippen LogP contribution < -0.4 is 5.73 Å². The first kappa shape index (κ1) is 17.4. The van der Waals surface area contributed by atoms with Crippen LogP contribution in [0.1, 0.15) is 33.6 Å². The third kappa shape index (κ3) is 9.41. The molecular formula is C14H30N4. The number of nitriles is 1. The molecule has 0 spiro atoms. The van der Waals surface area contributed by atoms with Crippen LogP contribution in [-0.4, -0.2) is 55.6 Å². The molecule has 0 bridgehead atoms. The fourth-order valence-electron chi connectivity index (χ4n) is 1.88. The molecule has 0 radical (unpaired) electrons. The van der Waals surface area contributed by atoms with Crippen molar-refractivity contribution in [3.8, 4) is 6.07 Å². The molecule has 4 nitrogen and oxygen atoms in total. The predicted molar refractivity (Wildman–Crippen MR) is 77.3 cm³/mol. The van der Waals surface area contributed by atoms with Crippen LogP contribution in [0, 0.1) is 17.2 Å². The van der Waals surface area contributed by atoms with Crippen molar-refractivity contribution in [1.29, 1.82) is 5.26 Å². The minimum atomic E-state index is -0.676. The topological polar surface area (TPSA) is 56.3 Å². The molecule has 0 saturated heterocycles. The van der Waals surface area contributed by atoms with E-state index in [0.717, 1.165) is 39.0 Å². The molecule has 18 heavy (non-hydrogen) atoms. The molecule has 0 aliphatic carbocycles. The molecule has 2 N–H and O–H groups in total. The van der Waals surface area contributed by atoms with Gasteiger partial charge in [-0.2, -0.15) is 5.26 Å². The van der Waals surface area contributed by atoms with Gasteiger partial charge in [0.15, 0.2) is 0 Å². The first-order chi connectivity index (χ1) is 8.26. The summed E-state index contributed by atoms with van der Waals surface area (Å²) >= 11 is 0. The quantitative estimate of drug-likeness (QED) is 0.678. The summed E-state index contributed by atoms with van der Waals surface area (Å²) in [4.78, 5) is 4.67. The molecule has 0 aromatic heterocycles. The van der Waals surface area contributed by atoms with Crippen LogP contribution in [0.4, 0.5) is 0 Å². The molecule has 4 heteroatoms. The summed E-state index contributed by atoms with van der Waals surface area (Å²) in [6, 6.07) is 2.16. The van der Waals surface area contributed by atoms with Crippen molar-refractivity contribution in [3.63, 3.8) is 0 Å². The second-order valence-electron chi connectivity index (χ2n) is 6.13. The molecule has 0 aromatic rings. The third-order valence-electron chi connectivity index (χ3n) is 2.91. The summed E-state index contributed by atoms with van der Waals surface area (Å²) in [6.45, 7) is 10.6. The van der Waals surface area contributed by atoms with Gasteiger partial charge in [-0.3, -0.25) is 0 Å². The predicted octanol–water partition coefficient (Wildman–Crippen LogP) is 1.53. The molecule has 0 saturated carbocycles. The zero-order chi connectivity index (χ0) is 14.2. The number of hydrogen-bond donors (Lipinski definition) is 1. The lowest BCUT2D eigenvalue weighted by Crippen LogP contribution is -2.38. The van der Waals surface area contributed by atoms with E-state index in [2.05, 4.69) is 43.8 Å². The van der Waals surface area contributed by atoms with Crippen LogP contribution in [-0.2, 0) is 0 Å². The Balaban J connectivity index is 4.05. The van der Waals surface area contributed by atoms with Crippen molar-refractivity contribution in [2.75, 3.05) is 40.3 Å². The van der Waals surface area contributed by atoms with Crippen molar-refractivity contribution in [3.05, 3.63) is 0 Å². The second kappa shape index (κ2) is 8.47. The van der Waals surface area contributed by atoms with E-state index in [0.29, 0.717) is 5.92 Å². The Kier molecular flexibility index (Phi) is 8.17. The summed E-state index contributed by atoms with van der Waals surface area (Å²) in [5, 5.41) is 8.89. The highest BCUT2D eigenvalue weighted by Crippen LogP contribution is 2.09. The normalized spacial score (nSPS) is 15.1. The van der Waals surface area contributed by atoms with Crippen LogP contribution >= 0.6 is 0 Å². The van der Waals surface area contributed by atoms with E-state index in [1.807, 2.05) is 0 Å². The maximum Gasteiger partial charge on any atom is 0.101 e. The van der Waals surface area contributed by atoms with Crippen molar-refractivity contribution in [2.24, 2.45) is 11.7 Å². The average Bonchev–Trinajstić information content (AvgIpc) is 2.24. The molecule has 0 amide bonds. The fourth-order valence-corrected chi connectivity index (χ4v) is 1.88. The van der Waals surface area contributed by atoms with E-state index in [-0.39, 0.29) is 0 Å². The maximum atomic E-state index is 8.89. The maximum absolute atomic E-state index is 8.89. The van der Waals surface area contributed by atoms with Crippen LogP contribution in [0.25, 0.3) is 0 Å². The summed E-state index contributed by atoms with van der Waals surface area (Å²) < 4.78 is 0. The van der Waals surface area contributed by atoms with E-state index in [1.54, 1.807) is 6.92 Å². The van der Waals surface area contributed by atoms with Gasteiger partial charge in [0, 0.05) is 19.6 Å². The minimum absolute atomic E-state index is 0.674. The summed E-state index contributed by atoms with van der Waals surface area (Å²) in [5.41, 5.74) is 5.16. The van der Waals surface area contributed by atoms with Crippen molar-refractivity contribution >= 4 is 0 Å². The van der Waals surface area contributed by atoms with E-state index in [1.165, 1.54) is 0 Å². The van der Waals surface area contributed by atoms with Gasteiger partial charge in [-0.1, -0.05) is 13.8 Å². The smallest absolute Gasteiger partial charge is 0.101 e. The molecule has 0 aromatic carbocycles. The van der Waals surface area contributed by atoms with Gasteiger partial charge in [-0.15, -0.1) is 0 Å². The Bertz CT molecular complexity index is 253. The lowest BCUT2D eigenvalue weighted by molar-refractivity contribution is 0.212. The number of hydrogen-bond acceptors (Lipinski definition) is 4. The highest BCUT2D eigenvalue weighted by molar-refractivity contribution is 5.00. The Hall–Kier alpha value is -0.630. The largest absolute Gasteiger partial charge is 0.314 e. The van der Waals surface area contributed by atoms with E-state index < -0.39 is 5.54 Å². The third-order valence-corrected chi connectivity index (χ3v) is 2.91. The first-order valence-electron chi connectivity index (χ1n) is 6.84. The highest BCUT2D eigenvalue weighted by Gasteiger charge is 2.17. The van der Waals surface area contributed by atoms with Gasteiger partial charge in [0.25, 0.3) is 0 Å². The van der Waals surface area contributed by atoms with Gasteiger partial charge in [-0.05, 0) is 46.3 Å². The molecule has 0 heterocycles. The minimum Gasteiger partial charge on any atom is -0.314 e. The zero-order valence-electron chi connectivity index (χ0n) is 12.7. The van der Waals surface area contributed by atoms with Crippen molar-refractivity contribution < 1.29 is 0 Å². The summed E-state index contributed by atoms with van der Waals surface area (Å²) in [5.74, 6) is 0.674. The lowest BCUT2D eigenvalue weighted by Gasteiger charge is -2.26. The Morgan fingerprint density at radius 1 is 1.22 bits per heavy atom. The van der Waals surface area contributed by atoms with Crippen LogP contribution in [0.15, 0.2) is 0 Å². The number of rotatable bonds is 9. The summed E-state index contributed by atoms with van der Waals surface area (Å²) in [7, 11) is 4.19. The fraction of sp³-hybridized carbons (Fsp3) is 0.929. The van der Waals surface area contributed by atoms with E-state index >= 15 is 0 Å². The zero-order valence-corrected chi connectivity index (χ0v) is 12.7. The molecule has 1 unspecified atom stereocenters. The standard InChI is InChI=1S/C14H30N4/c1-13(2)11-18(10-9-17(4)5)8-6-7-14(3,16)12-15/h13H,6-11,16H2,1-5H3. The Morgan fingerprint density at radius 3 is 2.28 bits per heavy atom. The van der Waals surface area contributed by atoms with Crippen molar-refractivity contribution in [2.45, 2.75) is 39.2 Å². The number of likely N-dealkylation sites (N-methyl/N-ethyl adjacent to an activating group) is 1. The van der Waals surface area contributed by atoms with E-state index in [9.17, 15) is 0 Å². The van der Waals surface area contributed by atoms with Gasteiger partial charge in [-0.25, -0.2) is 0 Å². The van der Waals surface area contributed by atoms with Crippen LogP contribution in [0.3, 0.4) is 0 Å². The van der Waals surface area contributed by atoms with Gasteiger partial charge < -0.3 is 15.5 Å². The first-order valence-corrected chi connectivity index (χ1v) is 6.84. The molecule has 0 aliphatic heterocycles. The number of nitrogens with two attached hydrogens (primary N) is 1. The van der Waals surface area contributed by atoms with Gasteiger partial charge >= 0.3 is 0 Å². The highest BCUT2D eigenvalue weighted by atomic mass is 15.2. The van der Waals surface area contributed by atoms with Gasteiger partial charge in [0.2, 0.25) is 0 Å². The van der Waals surface area contributed by atoms with Crippen molar-refractivity contribution in [1.82, 2.24) is 9.80 Å². The Labute approximate surface area is 113 Å².